The Morgan fingerprint density at radius 1 is 0.865 bits per heavy atom. The molecule has 0 unspecified atom stereocenters. The van der Waals surface area contributed by atoms with E-state index in [1.165, 1.54) is 13.3 Å². The molecule has 0 spiro atoms. The molecule has 0 saturated carbocycles. The van der Waals surface area contributed by atoms with Gasteiger partial charge in [0.25, 0.3) is 5.91 Å². The van der Waals surface area contributed by atoms with E-state index in [-0.39, 0.29) is 5.75 Å². The summed E-state index contributed by atoms with van der Waals surface area (Å²) < 4.78 is 17.4. The van der Waals surface area contributed by atoms with Gasteiger partial charge < -0.3 is 14.2 Å². The van der Waals surface area contributed by atoms with E-state index < -0.39 is 11.9 Å². The number of hydrazone groups is 1. The van der Waals surface area contributed by atoms with Crippen LogP contribution in [0.25, 0.3) is 0 Å². The van der Waals surface area contributed by atoms with Crippen LogP contribution in [0.5, 0.6) is 17.2 Å². The number of benzene rings is 4. The van der Waals surface area contributed by atoms with Gasteiger partial charge in [0.1, 0.15) is 12.4 Å². The van der Waals surface area contributed by atoms with Crippen LogP contribution in [-0.4, -0.2) is 25.2 Å². The summed E-state index contributed by atoms with van der Waals surface area (Å²) in [6.07, 6.45) is 1.46. The molecule has 4 rings (SSSR count). The maximum Gasteiger partial charge on any atom is 0.343 e. The summed E-state index contributed by atoms with van der Waals surface area (Å²) in [6, 6.07) is 28.5. The van der Waals surface area contributed by atoms with Crippen LogP contribution in [-0.2, 0) is 6.61 Å². The largest absolute Gasteiger partial charge is 0.493 e. The van der Waals surface area contributed by atoms with Gasteiger partial charge in [0, 0.05) is 4.47 Å². The lowest BCUT2D eigenvalue weighted by atomic mass is 10.2. The summed E-state index contributed by atoms with van der Waals surface area (Å²) in [5.74, 6) is 0.133. The minimum absolute atomic E-state index is 0.270. The molecule has 186 valence electrons. The van der Waals surface area contributed by atoms with Crippen LogP contribution < -0.4 is 19.6 Å². The number of carbonyl (C=O) groups is 2. The number of carbonyl (C=O) groups excluding carboxylic acids is 2. The number of hydrogen-bond donors (Lipinski definition) is 1. The summed E-state index contributed by atoms with van der Waals surface area (Å²) >= 11 is 3.40. The minimum atomic E-state index is -0.494. The molecule has 0 heterocycles. The molecule has 0 aliphatic rings. The number of nitrogens with zero attached hydrogens (tertiary/aromatic N) is 1. The lowest BCUT2D eigenvalue weighted by Gasteiger charge is -2.11. The summed E-state index contributed by atoms with van der Waals surface area (Å²) in [5.41, 5.74) is 4.91. The number of ether oxygens (including phenoxy) is 3. The molecule has 0 saturated heterocycles. The van der Waals surface area contributed by atoms with E-state index in [0.717, 1.165) is 10.0 Å². The smallest absolute Gasteiger partial charge is 0.343 e. The summed E-state index contributed by atoms with van der Waals surface area (Å²) in [6.45, 7) is 0.326. The van der Waals surface area contributed by atoms with E-state index >= 15 is 0 Å². The lowest BCUT2D eigenvalue weighted by Crippen LogP contribution is -2.19. The quantitative estimate of drug-likeness (QED) is 0.117. The van der Waals surface area contributed by atoms with Crippen molar-refractivity contribution < 1.29 is 23.8 Å². The topological polar surface area (TPSA) is 86.2 Å². The zero-order chi connectivity index (χ0) is 26.0. The maximum absolute atomic E-state index is 12.8. The van der Waals surface area contributed by atoms with Crippen molar-refractivity contribution in [2.24, 2.45) is 5.10 Å². The number of nitrogens with one attached hydrogen (secondary N) is 1. The van der Waals surface area contributed by atoms with Crippen LogP contribution in [0.2, 0.25) is 0 Å². The van der Waals surface area contributed by atoms with Gasteiger partial charge in [0.2, 0.25) is 0 Å². The Hall–Kier alpha value is -4.43. The summed E-state index contributed by atoms with van der Waals surface area (Å²) in [7, 11) is 1.47. The number of esters is 1. The summed E-state index contributed by atoms with van der Waals surface area (Å²) in [4.78, 5) is 25.2. The molecule has 37 heavy (non-hydrogen) atoms. The predicted octanol–water partition coefficient (Wildman–Crippen LogP) is 6.02. The number of amides is 1. The fraction of sp³-hybridized carbons (Fsp3) is 0.0690. The van der Waals surface area contributed by atoms with Crippen molar-refractivity contribution >= 4 is 34.0 Å². The fourth-order valence-electron chi connectivity index (χ4n) is 3.35. The highest BCUT2D eigenvalue weighted by Crippen LogP contribution is 2.28. The average Bonchev–Trinajstić information content (AvgIpc) is 2.94. The Balaban J connectivity index is 1.42. The van der Waals surface area contributed by atoms with E-state index in [0.29, 0.717) is 34.8 Å². The molecular formula is C29H23BrN2O5. The third-order valence-electron chi connectivity index (χ3n) is 5.20. The number of methoxy groups -OCH3 is 1. The van der Waals surface area contributed by atoms with E-state index in [9.17, 15) is 9.59 Å². The summed E-state index contributed by atoms with van der Waals surface area (Å²) in [5, 5.41) is 4.06. The molecule has 4 aromatic rings. The van der Waals surface area contributed by atoms with E-state index in [2.05, 4.69) is 26.5 Å². The van der Waals surface area contributed by atoms with Crippen LogP contribution in [0.1, 0.15) is 31.8 Å². The van der Waals surface area contributed by atoms with Gasteiger partial charge in [0.05, 0.1) is 24.5 Å². The zero-order valence-electron chi connectivity index (χ0n) is 19.9. The van der Waals surface area contributed by atoms with Crippen molar-refractivity contribution in [3.05, 3.63) is 124 Å². The van der Waals surface area contributed by atoms with E-state index in [1.807, 2.05) is 36.4 Å². The van der Waals surface area contributed by atoms with Gasteiger partial charge in [-0.3, -0.25) is 4.79 Å². The molecule has 1 N–H and O–H groups in total. The first-order valence-electron chi connectivity index (χ1n) is 11.3. The third-order valence-corrected chi connectivity index (χ3v) is 5.70. The molecule has 8 heteroatoms. The Morgan fingerprint density at radius 2 is 1.57 bits per heavy atom. The first-order chi connectivity index (χ1) is 18.0. The normalized spacial score (nSPS) is 10.6. The number of hydrogen-bond acceptors (Lipinski definition) is 6. The average molecular weight is 559 g/mol. The molecule has 0 aliphatic heterocycles. The second-order valence-corrected chi connectivity index (χ2v) is 8.70. The first kappa shape index (κ1) is 25.7. The van der Waals surface area contributed by atoms with Gasteiger partial charge in [-0.1, -0.05) is 64.5 Å². The van der Waals surface area contributed by atoms with Crippen molar-refractivity contribution in [3.63, 3.8) is 0 Å². The molecule has 7 nitrogen and oxygen atoms in total. The number of halogens is 1. The molecular weight excluding hydrogens is 536 g/mol. The van der Waals surface area contributed by atoms with Gasteiger partial charge >= 0.3 is 5.97 Å². The van der Waals surface area contributed by atoms with Crippen molar-refractivity contribution in [3.8, 4) is 17.2 Å². The van der Waals surface area contributed by atoms with E-state index in [1.54, 1.807) is 60.7 Å². The second kappa shape index (κ2) is 12.5. The Labute approximate surface area is 222 Å². The van der Waals surface area contributed by atoms with Crippen LogP contribution in [0.4, 0.5) is 0 Å². The van der Waals surface area contributed by atoms with Crippen LogP contribution >= 0.6 is 15.9 Å². The Bertz CT molecular complexity index is 1410. The van der Waals surface area contributed by atoms with Gasteiger partial charge in [-0.15, -0.1) is 0 Å². The fourth-order valence-corrected chi connectivity index (χ4v) is 3.71. The molecule has 0 aromatic heterocycles. The third kappa shape index (κ3) is 7.05. The maximum atomic E-state index is 12.8. The standard InChI is InChI=1S/C29H23BrN2O5/c1-35-27-16-21(12-14-26(27)37-29(34)22-10-6-3-7-11-22)18-31-32-28(33)24-17-23(30)13-15-25(24)36-19-20-8-4-2-5-9-20/h2-18H,19H2,1H3,(H,32,33)/b31-18+. The molecule has 0 radical (unpaired) electrons. The van der Waals surface area contributed by atoms with E-state index in [4.69, 9.17) is 14.2 Å². The zero-order valence-corrected chi connectivity index (χ0v) is 21.5. The van der Waals surface area contributed by atoms with Crippen molar-refractivity contribution in [2.75, 3.05) is 7.11 Å². The number of rotatable bonds is 9. The van der Waals surface area contributed by atoms with Gasteiger partial charge in [-0.2, -0.15) is 5.10 Å². The van der Waals surface area contributed by atoms with Crippen molar-refractivity contribution in [1.29, 1.82) is 0 Å². The van der Waals surface area contributed by atoms with Crippen LogP contribution in [0, 0.1) is 0 Å². The molecule has 1 amide bonds. The molecule has 4 aromatic carbocycles. The highest BCUT2D eigenvalue weighted by Gasteiger charge is 2.14. The van der Waals surface area contributed by atoms with Crippen molar-refractivity contribution in [2.45, 2.75) is 6.61 Å². The minimum Gasteiger partial charge on any atom is -0.493 e. The molecule has 0 atom stereocenters. The molecule has 0 bridgehead atoms. The second-order valence-electron chi connectivity index (χ2n) is 7.78. The molecule has 0 fully saturated rings. The molecule has 0 aliphatic carbocycles. The van der Waals surface area contributed by atoms with Crippen LogP contribution in [0.15, 0.2) is 107 Å². The van der Waals surface area contributed by atoms with Gasteiger partial charge in [-0.25, -0.2) is 10.2 Å². The first-order valence-corrected chi connectivity index (χ1v) is 12.1. The Morgan fingerprint density at radius 3 is 2.30 bits per heavy atom. The van der Waals surface area contributed by atoms with Crippen LogP contribution in [0.3, 0.4) is 0 Å². The lowest BCUT2D eigenvalue weighted by molar-refractivity contribution is 0.0729. The highest BCUT2D eigenvalue weighted by molar-refractivity contribution is 9.10. The Kier molecular flexibility index (Phi) is 8.67. The van der Waals surface area contributed by atoms with Gasteiger partial charge in [-0.05, 0) is 59.7 Å². The van der Waals surface area contributed by atoms with Gasteiger partial charge in [0.15, 0.2) is 11.5 Å². The highest BCUT2D eigenvalue weighted by atomic mass is 79.9. The SMILES string of the molecule is COc1cc(/C=N/NC(=O)c2cc(Br)ccc2OCc2ccccc2)ccc1OC(=O)c1ccccc1. The van der Waals surface area contributed by atoms with Crippen molar-refractivity contribution in [1.82, 2.24) is 5.43 Å². The monoisotopic (exact) mass is 558 g/mol. The predicted molar refractivity (Wildman–Crippen MR) is 144 cm³/mol.